The van der Waals surface area contributed by atoms with Gasteiger partial charge in [-0.2, -0.15) is 30.5 Å². The zero-order chi connectivity index (χ0) is 39.3. The average molecular weight is 767 g/mol. The van der Waals surface area contributed by atoms with Crippen molar-refractivity contribution in [2.75, 3.05) is 56.9 Å². The SMILES string of the molecule is CCCCOc1nc(NC2CCCN(CCCCCc3c(C#N)[nH]c4c(N)nc(O[C@@H](C)CCC)nc34)C2)c2[nH]c(C#N)c(CCCCN3CCCCC3)c2n1. The van der Waals surface area contributed by atoms with Crippen LogP contribution in [0, 0.1) is 22.7 Å². The zero-order valence-electron chi connectivity index (χ0n) is 33.9. The Kier molecular flexibility index (Phi) is 15.0. The third-order valence-electron chi connectivity index (χ3n) is 11.3. The minimum absolute atomic E-state index is 0.0185. The molecular weight excluding hydrogens is 705 g/mol. The molecule has 0 bridgehead atoms. The van der Waals surface area contributed by atoms with Gasteiger partial charge in [-0.05, 0) is 117 Å². The topological polar surface area (TPSA) is 194 Å². The molecule has 1 unspecified atom stereocenters. The molecule has 2 aliphatic rings. The molecule has 2 atom stereocenters. The first-order valence-corrected chi connectivity index (χ1v) is 21.3. The molecule has 56 heavy (non-hydrogen) atoms. The van der Waals surface area contributed by atoms with Gasteiger partial charge in [0.2, 0.25) is 0 Å². The molecule has 0 amide bonds. The fourth-order valence-corrected chi connectivity index (χ4v) is 8.27. The second kappa shape index (κ2) is 20.5. The fourth-order valence-electron chi connectivity index (χ4n) is 8.27. The van der Waals surface area contributed by atoms with Crippen LogP contribution in [-0.2, 0) is 12.8 Å². The molecule has 0 aliphatic carbocycles. The van der Waals surface area contributed by atoms with Crippen LogP contribution >= 0.6 is 0 Å². The third kappa shape index (κ3) is 10.6. The van der Waals surface area contributed by atoms with Crippen molar-refractivity contribution in [3.8, 4) is 24.2 Å². The van der Waals surface area contributed by atoms with Gasteiger partial charge in [0.05, 0.1) is 12.7 Å². The van der Waals surface area contributed by atoms with Gasteiger partial charge in [0.1, 0.15) is 45.6 Å². The maximum atomic E-state index is 10.2. The zero-order valence-corrected chi connectivity index (χ0v) is 33.9. The number of H-pyrrole nitrogens is 2. The van der Waals surface area contributed by atoms with Gasteiger partial charge in [0, 0.05) is 23.7 Å². The molecule has 0 saturated carbocycles. The van der Waals surface area contributed by atoms with Gasteiger partial charge in [-0.3, -0.25) is 0 Å². The number of unbranched alkanes of at least 4 members (excludes halogenated alkanes) is 4. The Bertz CT molecular complexity index is 1950. The van der Waals surface area contributed by atoms with Crippen molar-refractivity contribution in [1.29, 1.82) is 10.5 Å². The van der Waals surface area contributed by atoms with Crippen LogP contribution in [0.5, 0.6) is 12.0 Å². The Morgan fingerprint density at radius 2 is 1.45 bits per heavy atom. The summed E-state index contributed by atoms with van der Waals surface area (Å²) >= 11 is 0. The number of nitriles is 2. The molecule has 0 spiro atoms. The average Bonchev–Trinajstić information content (AvgIpc) is 3.75. The highest BCUT2D eigenvalue weighted by atomic mass is 16.5. The van der Waals surface area contributed by atoms with Gasteiger partial charge in [-0.25, -0.2) is 0 Å². The molecule has 4 aromatic rings. The smallest absolute Gasteiger partial charge is 0.319 e. The van der Waals surface area contributed by atoms with Crippen molar-refractivity contribution in [1.82, 2.24) is 39.7 Å². The van der Waals surface area contributed by atoms with Gasteiger partial charge >= 0.3 is 12.0 Å². The van der Waals surface area contributed by atoms with Gasteiger partial charge in [0.15, 0.2) is 11.6 Å². The number of nitrogen functional groups attached to an aromatic ring is 1. The largest absolute Gasteiger partial charge is 0.463 e. The first-order chi connectivity index (χ1) is 27.4. The van der Waals surface area contributed by atoms with E-state index in [1.54, 1.807) is 0 Å². The highest BCUT2D eigenvalue weighted by Crippen LogP contribution is 2.31. The van der Waals surface area contributed by atoms with E-state index in [2.05, 4.69) is 61.0 Å². The van der Waals surface area contributed by atoms with Gasteiger partial charge in [0.25, 0.3) is 0 Å². The van der Waals surface area contributed by atoms with E-state index in [9.17, 15) is 10.5 Å². The van der Waals surface area contributed by atoms with Gasteiger partial charge < -0.3 is 40.3 Å². The molecule has 14 nitrogen and oxygen atoms in total. The van der Waals surface area contributed by atoms with Crippen LogP contribution in [-0.4, -0.2) is 97.7 Å². The maximum absolute atomic E-state index is 10.2. The molecule has 302 valence electrons. The molecular formula is C42H62N12O2. The summed E-state index contributed by atoms with van der Waals surface area (Å²) in [6, 6.07) is 5.55. The predicted octanol–water partition coefficient (Wildman–Crippen LogP) is 7.40. The van der Waals surface area contributed by atoms with Crippen molar-refractivity contribution < 1.29 is 9.47 Å². The van der Waals surface area contributed by atoms with E-state index in [0.717, 1.165) is 132 Å². The van der Waals surface area contributed by atoms with Crippen molar-refractivity contribution in [3.05, 3.63) is 22.5 Å². The Morgan fingerprint density at radius 1 is 0.786 bits per heavy atom. The van der Waals surface area contributed by atoms with Crippen LogP contribution in [0.1, 0.15) is 133 Å². The van der Waals surface area contributed by atoms with Gasteiger partial charge in [-0.1, -0.05) is 39.5 Å². The maximum Gasteiger partial charge on any atom is 0.319 e. The van der Waals surface area contributed by atoms with Crippen LogP contribution < -0.4 is 20.5 Å². The molecule has 6 rings (SSSR count). The number of aryl methyl sites for hydroxylation is 2. The number of hydrogen-bond donors (Lipinski definition) is 4. The molecule has 0 aromatic carbocycles. The summed E-state index contributed by atoms with van der Waals surface area (Å²) in [7, 11) is 0. The number of likely N-dealkylation sites (tertiary alicyclic amines) is 2. The lowest BCUT2D eigenvalue weighted by Crippen LogP contribution is -2.42. The molecule has 5 N–H and O–H groups in total. The van der Waals surface area contributed by atoms with Crippen molar-refractivity contribution in [3.63, 3.8) is 0 Å². The summed E-state index contributed by atoms with van der Waals surface area (Å²) in [4.78, 5) is 30.4. The summed E-state index contributed by atoms with van der Waals surface area (Å²) in [5.41, 5.74) is 12.1. The monoisotopic (exact) mass is 767 g/mol. The van der Waals surface area contributed by atoms with E-state index in [-0.39, 0.29) is 18.2 Å². The van der Waals surface area contributed by atoms with E-state index in [1.807, 2.05) is 6.92 Å². The highest BCUT2D eigenvalue weighted by molar-refractivity contribution is 5.91. The quantitative estimate of drug-likeness (QED) is 0.0615. The lowest BCUT2D eigenvalue weighted by Gasteiger charge is -2.33. The summed E-state index contributed by atoms with van der Waals surface area (Å²) in [6.07, 6.45) is 16.5. The summed E-state index contributed by atoms with van der Waals surface area (Å²) in [6.45, 7) is 13.3. The number of anilines is 2. The second-order valence-corrected chi connectivity index (χ2v) is 15.7. The number of fused-ring (bicyclic) bond motifs is 2. The molecule has 2 fully saturated rings. The standard InChI is InChI=1S/C42H62N12O2/c1-4-6-25-55-41-49-36-32(19-10-14-22-53-20-12-8-13-21-53)34(27-44)48-38(36)40(52-41)46-30-17-15-24-54(28-30)23-11-7-9-18-31-33(26-43)47-37-35(31)50-42(51-39(37)45)56-29(3)16-5-2/h29-30,47-48H,4-25,28H2,1-3H3,(H2,45,50,51)(H,46,49,52)/t29-,30?/m0/s1. The first-order valence-electron chi connectivity index (χ1n) is 21.3. The van der Waals surface area contributed by atoms with Crippen LogP contribution in [0.15, 0.2) is 0 Å². The van der Waals surface area contributed by atoms with Crippen LogP contribution in [0.25, 0.3) is 22.1 Å². The Hall–Kier alpha value is -4.66. The van der Waals surface area contributed by atoms with Crippen molar-refractivity contribution >= 4 is 33.7 Å². The minimum atomic E-state index is -0.0185. The number of nitrogens with zero attached hydrogens (tertiary/aromatic N) is 8. The van der Waals surface area contributed by atoms with Crippen molar-refractivity contribution in [2.45, 2.75) is 136 Å². The van der Waals surface area contributed by atoms with E-state index < -0.39 is 0 Å². The summed E-state index contributed by atoms with van der Waals surface area (Å²) < 4.78 is 12.0. The van der Waals surface area contributed by atoms with E-state index in [1.165, 1.54) is 32.4 Å². The van der Waals surface area contributed by atoms with Crippen LogP contribution in [0.3, 0.4) is 0 Å². The van der Waals surface area contributed by atoms with Crippen LogP contribution in [0.2, 0.25) is 0 Å². The summed E-state index contributed by atoms with van der Waals surface area (Å²) in [5.74, 6) is 1.02. The van der Waals surface area contributed by atoms with Gasteiger partial charge in [-0.15, -0.1) is 0 Å². The molecule has 2 aliphatic heterocycles. The fraction of sp³-hybridized carbons (Fsp3) is 0.667. The normalized spacial score (nSPS) is 17.2. The molecule has 4 aromatic heterocycles. The number of nitrogens with two attached hydrogens (primary N) is 1. The highest BCUT2D eigenvalue weighted by Gasteiger charge is 2.25. The summed E-state index contributed by atoms with van der Waals surface area (Å²) in [5, 5.41) is 23.8. The Morgan fingerprint density at radius 3 is 2.18 bits per heavy atom. The predicted molar refractivity (Wildman–Crippen MR) is 221 cm³/mol. The first kappa shape index (κ1) is 41.0. The molecule has 2 saturated heterocycles. The van der Waals surface area contributed by atoms with E-state index in [4.69, 9.17) is 25.2 Å². The minimum Gasteiger partial charge on any atom is -0.463 e. The number of piperidine rings is 2. The number of nitrogens with one attached hydrogen (secondary N) is 3. The molecule has 0 radical (unpaired) electrons. The van der Waals surface area contributed by atoms with Crippen LogP contribution in [0.4, 0.5) is 11.6 Å². The number of rotatable bonds is 21. The Labute approximate surface area is 332 Å². The molecule has 6 heterocycles. The van der Waals surface area contributed by atoms with E-state index in [0.29, 0.717) is 46.7 Å². The number of aromatic amines is 2. The number of aromatic nitrogens is 6. The lowest BCUT2D eigenvalue weighted by molar-refractivity contribution is 0.193. The Balaban J connectivity index is 1.06. The second-order valence-electron chi connectivity index (χ2n) is 15.7. The van der Waals surface area contributed by atoms with Crippen molar-refractivity contribution in [2.24, 2.45) is 0 Å². The third-order valence-corrected chi connectivity index (χ3v) is 11.3. The van der Waals surface area contributed by atoms with E-state index >= 15 is 0 Å². The number of ether oxygens (including phenoxy) is 2. The molecule has 14 heteroatoms. The lowest BCUT2D eigenvalue weighted by atomic mass is 10.0. The number of hydrogen-bond acceptors (Lipinski definition) is 12.